The van der Waals surface area contributed by atoms with E-state index in [4.69, 9.17) is 9.47 Å². The number of fused-ring (bicyclic) bond motifs is 1. The molecule has 1 atom stereocenters. The molecule has 2 aliphatic rings. The number of carbonyl (C=O) groups excluding carboxylic acids is 3. The zero-order valence-corrected chi connectivity index (χ0v) is 22.1. The lowest BCUT2D eigenvalue weighted by molar-refractivity contribution is -0.135. The van der Waals surface area contributed by atoms with Crippen molar-refractivity contribution in [1.29, 1.82) is 0 Å². The summed E-state index contributed by atoms with van der Waals surface area (Å²) in [5, 5.41) is 17.3. The summed E-state index contributed by atoms with van der Waals surface area (Å²) in [7, 11) is 0. The van der Waals surface area contributed by atoms with Crippen molar-refractivity contribution in [2.24, 2.45) is 0 Å². The van der Waals surface area contributed by atoms with Crippen LogP contribution in [0.15, 0.2) is 42.6 Å². The van der Waals surface area contributed by atoms with Crippen LogP contribution in [0.1, 0.15) is 35.6 Å². The second kappa shape index (κ2) is 11.9. The van der Waals surface area contributed by atoms with E-state index in [-0.39, 0.29) is 30.5 Å². The van der Waals surface area contributed by atoms with Crippen LogP contribution in [-0.2, 0) is 32.1 Å². The first kappa shape index (κ1) is 26.7. The van der Waals surface area contributed by atoms with Gasteiger partial charge in [0, 0.05) is 49.6 Å². The molecule has 206 valence electrons. The summed E-state index contributed by atoms with van der Waals surface area (Å²) in [4.78, 5) is 38.8. The first-order valence-corrected chi connectivity index (χ1v) is 13.3. The molecule has 39 heavy (non-hydrogen) atoms. The van der Waals surface area contributed by atoms with Crippen LogP contribution in [0.2, 0.25) is 0 Å². The fourth-order valence-electron chi connectivity index (χ4n) is 5.04. The average Bonchev–Trinajstić information content (AvgIpc) is 3.25. The van der Waals surface area contributed by atoms with Gasteiger partial charge in [-0.3, -0.25) is 24.6 Å². The number of aromatic nitrogens is 1. The highest BCUT2D eigenvalue weighted by molar-refractivity contribution is 6.00. The van der Waals surface area contributed by atoms with E-state index >= 15 is 0 Å². The molecule has 3 amide bonds. The average molecular weight is 535 g/mol. The van der Waals surface area contributed by atoms with Gasteiger partial charge >= 0.3 is 0 Å². The maximum atomic E-state index is 12.7. The molecular formula is C29H34N4O6. The van der Waals surface area contributed by atoms with Gasteiger partial charge in [-0.25, -0.2) is 0 Å². The highest BCUT2D eigenvalue weighted by Crippen LogP contribution is 2.33. The standard InChI is InChI=1S/C29H34N4O6/c1-19-2-3-20(15-25(19)39-13-10-32-8-11-38-12-9-32)16-27(35)30-17-21-4-5-23-22(14-21)18-33(29(23)37)24-6-7-26(34)31-28(24)36/h2-5,14-15,18,24,37H,6-13,16-17H2,1H3,(H,30,35)(H,31,34,36). The molecule has 3 N–H and O–H groups in total. The molecule has 0 spiro atoms. The molecule has 0 bridgehead atoms. The highest BCUT2D eigenvalue weighted by Gasteiger charge is 2.30. The van der Waals surface area contributed by atoms with Crippen molar-refractivity contribution >= 4 is 28.5 Å². The summed E-state index contributed by atoms with van der Waals surface area (Å²) in [6.07, 6.45) is 2.50. The van der Waals surface area contributed by atoms with Gasteiger partial charge in [-0.15, -0.1) is 0 Å². The van der Waals surface area contributed by atoms with Gasteiger partial charge in [0.15, 0.2) is 5.88 Å². The van der Waals surface area contributed by atoms with Gasteiger partial charge in [0.2, 0.25) is 17.7 Å². The number of nitrogens with one attached hydrogen (secondary N) is 2. The Morgan fingerprint density at radius 1 is 1.15 bits per heavy atom. The lowest BCUT2D eigenvalue weighted by Crippen LogP contribution is -2.41. The predicted octanol–water partition coefficient (Wildman–Crippen LogP) is 2.20. The summed E-state index contributed by atoms with van der Waals surface area (Å²) in [6, 6.07) is 10.7. The highest BCUT2D eigenvalue weighted by atomic mass is 16.5. The van der Waals surface area contributed by atoms with E-state index in [9.17, 15) is 19.5 Å². The Bertz CT molecular complexity index is 1380. The Morgan fingerprint density at radius 2 is 1.95 bits per heavy atom. The monoisotopic (exact) mass is 534 g/mol. The second-order valence-electron chi connectivity index (χ2n) is 10.1. The normalized spacial score (nSPS) is 18.2. The molecule has 1 unspecified atom stereocenters. The molecule has 0 saturated carbocycles. The van der Waals surface area contributed by atoms with Crippen molar-refractivity contribution in [3.05, 3.63) is 59.3 Å². The van der Waals surface area contributed by atoms with Crippen LogP contribution >= 0.6 is 0 Å². The number of imide groups is 1. The van der Waals surface area contributed by atoms with Gasteiger partial charge in [0.1, 0.15) is 18.4 Å². The Balaban J connectivity index is 1.16. The molecule has 3 aromatic rings. The molecule has 1 aromatic heterocycles. The first-order valence-electron chi connectivity index (χ1n) is 13.3. The third-order valence-corrected chi connectivity index (χ3v) is 7.30. The van der Waals surface area contributed by atoms with Crippen LogP contribution in [0.3, 0.4) is 0 Å². The third-order valence-electron chi connectivity index (χ3n) is 7.30. The number of nitrogens with zero attached hydrogens (tertiary/aromatic N) is 2. The largest absolute Gasteiger partial charge is 0.494 e. The quantitative estimate of drug-likeness (QED) is 0.360. The molecule has 0 radical (unpaired) electrons. The summed E-state index contributed by atoms with van der Waals surface area (Å²) in [6.45, 7) is 7.10. The zero-order chi connectivity index (χ0) is 27.4. The molecule has 0 aliphatic carbocycles. The van der Waals surface area contributed by atoms with Crippen molar-refractivity contribution in [1.82, 2.24) is 20.1 Å². The first-order chi connectivity index (χ1) is 18.9. The van der Waals surface area contributed by atoms with Gasteiger partial charge in [-0.2, -0.15) is 0 Å². The summed E-state index contributed by atoms with van der Waals surface area (Å²) in [5.74, 6) is -0.0568. The smallest absolute Gasteiger partial charge is 0.249 e. The van der Waals surface area contributed by atoms with Crippen LogP contribution in [0.4, 0.5) is 0 Å². The maximum Gasteiger partial charge on any atom is 0.249 e. The van der Waals surface area contributed by atoms with E-state index in [0.29, 0.717) is 25.0 Å². The summed E-state index contributed by atoms with van der Waals surface area (Å²) in [5.41, 5.74) is 2.77. The Hall–Kier alpha value is -3.89. The van der Waals surface area contributed by atoms with Gasteiger partial charge in [-0.05, 0) is 48.2 Å². The van der Waals surface area contributed by atoms with Crippen LogP contribution < -0.4 is 15.4 Å². The van der Waals surface area contributed by atoms with Gasteiger partial charge in [0.05, 0.1) is 19.6 Å². The molecule has 5 rings (SSSR count). The van der Waals surface area contributed by atoms with Gasteiger partial charge in [0.25, 0.3) is 0 Å². The van der Waals surface area contributed by atoms with Crippen molar-refractivity contribution in [3.8, 4) is 11.6 Å². The van der Waals surface area contributed by atoms with E-state index in [1.54, 1.807) is 12.3 Å². The van der Waals surface area contributed by atoms with Crippen LogP contribution in [-0.4, -0.2) is 71.7 Å². The zero-order valence-electron chi connectivity index (χ0n) is 22.1. The number of carbonyl (C=O) groups is 3. The summed E-state index contributed by atoms with van der Waals surface area (Å²) < 4.78 is 12.9. The minimum atomic E-state index is -0.638. The number of aryl methyl sites for hydroxylation is 1. The molecule has 10 heteroatoms. The second-order valence-corrected chi connectivity index (χ2v) is 10.1. The number of hydrogen-bond acceptors (Lipinski definition) is 7. The fourth-order valence-corrected chi connectivity index (χ4v) is 5.04. The minimum Gasteiger partial charge on any atom is -0.494 e. The minimum absolute atomic E-state index is 0.0163. The Kier molecular flexibility index (Phi) is 8.13. The number of benzene rings is 2. The molecule has 2 fully saturated rings. The number of aromatic hydroxyl groups is 1. The fraction of sp³-hybridized carbons (Fsp3) is 0.414. The predicted molar refractivity (Wildman–Crippen MR) is 145 cm³/mol. The van der Waals surface area contributed by atoms with Crippen molar-refractivity contribution < 1.29 is 29.0 Å². The van der Waals surface area contributed by atoms with E-state index in [1.165, 1.54) is 4.57 Å². The number of amides is 3. The molecule has 2 aliphatic heterocycles. The topological polar surface area (TPSA) is 122 Å². The number of hydrogen-bond donors (Lipinski definition) is 3. The van der Waals surface area contributed by atoms with E-state index in [2.05, 4.69) is 15.5 Å². The molecular weight excluding hydrogens is 500 g/mol. The number of piperidine rings is 1. The van der Waals surface area contributed by atoms with Crippen LogP contribution in [0.5, 0.6) is 11.6 Å². The molecule has 2 aromatic carbocycles. The van der Waals surface area contributed by atoms with Crippen molar-refractivity contribution in [2.45, 2.75) is 38.8 Å². The van der Waals surface area contributed by atoms with Crippen LogP contribution in [0, 0.1) is 6.92 Å². The van der Waals surface area contributed by atoms with Gasteiger partial charge < -0.3 is 24.5 Å². The SMILES string of the molecule is Cc1ccc(CC(=O)NCc2ccc3c(O)n(C4CCC(=O)NC4=O)cc3c2)cc1OCCN1CCOCC1. The van der Waals surface area contributed by atoms with Crippen LogP contribution in [0.25, 0.3) is 10.8 Å². The number of rotatable bonds is 9. The maximum absolute atomic E-state index is 12.7. The Morgan fingerprint density at radius 3 is 2.74 bits per heavy atom. The van der Waals surface area contributed by atoms with Gasteiger partial charge in [-0.1, -0.05) is 18.2 Å². The van der Waals surface area contributed by atoms with E-state index < -0.39 is 11.9 Å². The number of morpholine rings is 1. The third kappa shape index (κ3) is 6.40. The lowest BCUT2D eigenvalue weighted by atomic mass is 10.1. The van der Waals surface area contributed by atoms with Crippen molar-refractivity contribution in [3.63, 3.8) is 0 Å². The lowest BCUT2D eigenvalue weighted by Gasteiger charge is -2.26. The molecule has 3 heterocycles. The van der Waals surface area contributed by atoms with Crippen molar-refractivity contribution in [2.75, 3.05) is 39.5 Å². The summed E-state index contributed by atoms with van der Waals surface area (Å²) >= 11 is 0. The van der Waals surface area contributed by atoms with E-state index in [1.807, 2.05) is 37.3 Å². The molecule has 10 nitrogen and oxygen atoms in total. The Labute approximate surface area is 226 Å². The van der Waals surface area contributed by atoms with E-state index in [0.717, 1.165) is 60.7 Å². The number of ether oxygens (including phenoxy) is 2. The molecule has 2 saturated heterocycles.